The molecule has 140 valence electrons. The maximum atomic E-state index is 12.4. The Balaban J connectivity index is 1.65. The number of benzene rings is 2. The summed E-state index contributed by atoms with van der Waals surface area (Å²) in [5, 5.41) is 5.61. The summed E-state index contributed by atoms with van der Waals surface area (Å²) >= 11 is 13.3. The van der Waals surface area contributed by atoms with Crippen molar-refractivity contribution in [3.05, 3.63) is 73.9 Å². The highest BCUT2D eigenvalue weighted by Gasteiger charge is 2.12. The SMILES string of the molecule is COc1cc(C)ccc1OCc1csc(C(=O)Nc2cc(Cl)cc(Cl)c2)c1. The molecule has 1 aromatic heterocycles. The molecular weight excluding hydrogens is 405 g/mol. The van der Waals surface area contributed by atoms with E-state index < -0.39 is 0 Å². The lowest BCUT2D eigenvalue weighted by atomic mass is 10.2. The third-order valence-electron chi connectivity index (χ3n) is 3.71. The molecule has 3 aromatic rings. The Hall–Kier alpha value is -2.21. The van der Waals surface area contributed by atoms with Crippen molar-refractivity contribution in [2.45, 2.75) is 13.5 Å². The molecule has 4 nitrogen and oxygen atoms in total. The molecule has 0 aliphatic heterocycles. The number of aryl methyl sites for hydroxylation is 1. The Morgan fingerprint density at radius 3 is 2.52 bits per heavy atom. The molecule has 0 saturated carbocycles. The predicted molar refractivity (Wildman–Crippen MR) is 111 cm³/mol. The molecule has 0 saturated heterocycles. The zero-order chi connectivity index (χ0) is 19.4. The molecule has 27 heavy (non-hydrogen) atoms. The van der Waals surface area contributed by atoms with E-state index in [4.69, 9.17) is 32.7 Å². The number of methoxy groups -OCH3 is 1. The van der Waals surface area contributed by atoms with Crippen molar-refractivity contribution < 1.29 is 14.3 Å². The summed E-state index contributed by atoms with van der Waals surface area (Å²) in [7, 11) is 1.61. The molecule has 7 heteroatoms. The molecule has 0 atom stereocenters. The van der Waals surface area contributed by atoms with E-state index in [2.05, 4.69) is 5.32 Å². The summed E-state index contributed by atoms with van der Waals surface area (Å²) in [6.07, 6.45) is 0. The second-order valence-electron chi connectivity index (χ2n) is 5.87. The summed E-state index contributed by atoms with van der Waals surface area (Å²) in [4.78, 5) is 13.0. The van der Waals surface area contributed by atoms with E-state index >= 15 is 0 Å². The summed E-state index contributed by atoms with van der Waals surface area (Å²) < 4.78 is 11.2. The fourth-order valence-corrected chi connectivity index (χ4v) is 3.76. The van der Waals surface area contributed by atoms with Gasteiger partial charge in [-0.05, 0) is 54.3 Å². The minimum atomic E-state index is -0.225. The van der Waals surface area contributed by atoms with Gasteiger partial charge in [-0.25, -0.2) is 0 Å². The van der Waals surface area contributed by atoms with Crippen LogP contribution in [0, 0.1) is 6.92 Å². The van der Waals surface area contributed by atoms with E-state index in [0.29, 0.717) is 38.7 Å². The predicted octanol–water partition coefficient (Wildman–Crippen LogP) is 6.20. The highest BCUT2D eigenvalue weighted by Crippen LogP contribution is 2.29. The maximum absolute atomic E-state index is 12.4. The van der Waals surface area contributed by atoms with E-state index in [1.54, 1.807) is 31.4 Å². The molecule has 1 amide bonds. The van der Waals surface area contributed by atoms with Crippen LogP contribution in [0.5, 0.6) is 11.5 Å². The largest absolute Gasteiger partial charge is 0.493 e. The molecule has 2 aromatic carbocycles. The normalized spacial score (nSPS) is 10.5. The molecule has 0 aliphatic rings. The summed E-state index contributed by atoms with van der Waals surface area (Å²) in [5.41, 5.74) is 2.54. The minimum Gasteiger partial charge on any atom is -0.493 e. The lowest BCUT2D eigenvalue weighted by Gasteiger charge is -2.10. The number of halogens is 2. The van der Waals surface area contributed by atoms with Gasteiger partial charge >= 0.3 is 0 Å². The minimum absolute atomic E-state index is 0.225. The second kappa shape index (κ2) is 8.65. The first-order valence-electron chi connectivity index (χ1n) is 8.07. The van der Waals surface area contributed by atoms with Crippen LogP contribution in [0.1, 0.15) is 20.8 Å². The van der Waals surface area contributed by atoms with Crippen molar-refractivity contribution in [2.24, 2.45) is 0 Å². The van der Waals surface area contributed by atoms with Crippen LogP contribution in [-0.2, 0) is 6.61 Å². The molecule has 0 bridgehead atoms. The number of rotatable bonds is 6. The first-order chi connectivity index (χ1) is 12.9. The van der Waals surface area contributed by atoms with Crippen LogP contribution in [0.15, 0.2) is 47.8 Å². The fourth-order valence-electron chi connectivity index (χ4n) is 2.44. The number of anilines is 1. The quantitative estimate of drug-likeness (QED) is 0.514. The first-order valence-corrected chi connectivity index (χ1v) is 9.70. The van der Waals surface area contributed by atoms with Gasteiger partial charge in [0.05, 0.1) is 12.0 Å². The summed E-state index contributed by atoms with van der Waals surface area (Å²) in [6.45, 7) is 2.33. The van der Waals surface area contributed by atoms with Crippen molar-refractivity contribution in [1.29, 1.82) is 0 Å². The molecule has 0 radical (unpaired) electrons. The fraction of sp³-hybridized carbons (Fsp3) is 0.150. The zero-order valence-electron chi connectivity index (χ0n) is 14.7. The number of amides is 1. The number of thiophene rings is 1. The van der Waals surface area contributed by atoms with Crippen LogP contribution >= 0.6 is 34.5 Å². The first kappa shape index (κ1) is 19.5. The molecule has 0 unspecified atom stereocenters. The van der Waals surface area contributed by atoms with Gasteiger partial charge in [-0.3, -0.25) is 4.79 Å². The van der Waals surface area contributed by atoms with E-state index in [1.807, 2.05) is 30.5 Å². The van der Waals surface area contributed by atoms with Crippen molar-refractivity contribution in [1.82, 2.24) is 0 Å². The van der Waals surface area contributed by atoms with Crippen LogP contribution in [0.2, 0.25) is 10.0 Å². The summed E-state index contributed by atoms with van der Waals surface area (Å²) in [5.74, 6) is 1.12. The third kappa shape index (κ3) is 5.16. The molecule has 1 N–H and O–H groups in total. The Morgan fingerprint density at radius 1 is 1.07 bits per heavy atom. The molecule has 0 fully saturated rings. The van der Waals surface area contributed by atoms with Crippen molar-refractivity contribution in [3.8, 4) is 11.5 Å². The number of carbonyl (C=O) groups excluding carboxylic acids is 1. The van der Waals surface area contributed by atoms with Gasteiger partial charge in [0.2, 0.25) is 0 Å². The lowest BCUT2D eigenvalue weighted by molar-refractivity contribution is 0.103. The van der Waals surface area contributed by atoms with Crippen molar-refractivity contribution >= 4 is 46.1 Å². The Kier molecular flexibility index (Phi) is 6.26. The smallest absolute Gasteiger partial charge is 0.265 e. The second-order valence-corrected chi connectivity index (χ2v) is 7.66. The van der Waals surface area contributed by atoms with Gasteiger partial charge in [0, 0.05) is 21.3 Å². The van der Waals surface area contributed by atoms with Crippen molar-refractivity contribution in [2.75, 3.05) is 12.4 Å². The number of nitrogens with one attached hydrogen (secondary N) is 1. The molecule has 0 spiro atoms. The summed E-state index contributed by atoms with van der Waals surface area (Å²) in [6, 6.07) is 12.4. The van der Waals surface area contributed by atoms with Gasteiger partial charge in [0.1, 0.15) is 6.61 Å². The van der Waals surface area contributed by atoms with Gasteiger partial charge in [-0.2, -0.15) is 0 Å². The zero-order valence-corrected chi connectivity index (χ0v) is 17.0. The van der Waals surface area contributed by atoms with Gasteiger partial charge in [0.15, 0.2) is 11.5 Å². The number of ether oxygens (including phenoxy) is 2. The van der Waals surface area contributed by atoms with E-state index in [0.717, 1.165) is 11.1 Å². The standard InChI is InChI=1S/C20H17Cl2NO3S/c1-12-3-4-17(18(5-12)25-2)26-10-13-6-19(27-11-13)20(24)23-16-8-14(21)7-15(22)9-16/h3-9,11H,10H2,1-2H3,(H,23,24). The molecule has 1 heterocycles. The van der Waals surface area contributed by atoms with Crippen LogP contribution in [0.3, 0.4) is 0 Å². The Morgan fingerprint density at radius 2 is 1.81 bits per heavy atom. The van der Waals surface area contributed by atoms with Gasteiger partial charge in [0.25, 0.3) is 5.91 Å². The molecule has 3 rings (SSSR count). The Labute approximate surface area is 171 Å². The van der Waals surface area contributed by atoms with Crippen LogP contribution in [-0.4, -0.2) is 13.0 Å². The highest BCUT2D eigenvalue weighted by molar-refractivity contribution is 7.12. The molecular formula is C20H17Cl2NO3S. The average Bonchev–Trinajstić information content (AvgIpc) is 3.08. The van der Waals surface area contributed by atoms with Crippen molar-refractivity contribution in [3.63, 3.8) is 0 Å². The van der Waals surface area contributed by atoms with Gasteiger partial charge in [-0.1, -0.05) is 29.3 Å². The topological polar surface area (TPSA) is 47.6 Å². The molecule has 0 aliphatic carbocycles. The van der Waals surface area contributed by atoms with Gasteiger partial charge in [-0.15, -0.1) is 11.3 Å². The average molecular weight is 422 g/mol. The van der Waals surface area contributed by atoms with Crippen LogP contribution in [0.4, 0.5) is 5.69 Å². The number of carbonyl (C=O) groups is 1. The monoisotopic (exact) mass is 421 g/mol. The van der Waals surface area contributed by atoms with E-state index in [-0.39, 0.29) is 5.91 Å². The maximum Gasteiger partial charge on any atom is 0.265 e. The lowest BCUT2D eigenvalue weighted by Crippen LogP contribution is -2.10. The van der Waals surface area contributed by atoms with Gasteiger partial charge < -0.3 is 14.8 Å². The van der Waals surface area contributed by atoms with E-state index in [9.17, 15) is 4.79 Å². The van der Waals surface area contributed by atoms with Crippen LogP contribution in [0.25, 0.3) is 0 Å². The highest BCUT2D eigenvalue weighted by atomic mass is 35.5. The van der Waals surface area contributed by atoms with E-state index in [1.165, 1.54) is 11.3 Å². The van der Waals surface area contributed by atoms with Crippen LogP contribution < -0.4 is 14.8 Å². The Bertz CT molecular complexity index is 951. The number of hydrogen-bond donors (Lipinski definition) is 1. The number of hydrogen-bond acceptors (Lipinski definition) is 4. The third-order valence-corrected chi connectivity index (χ3v) is 5.13.